The summed E-state index contributed by atoms with van der Waals surface area (Å²) in [5.41, 5.74) is 2.09. The van der Waals surface area contributed by atoms with Crippen LogP contribution in [0.2, 0.25) is 0 Å². The average Bonchev–Trinajstić information content (AvgIpc) is 3.07. The number of methoxy groups -OCH3 is 1. The number of imidazole rings is 1. The van der Waals surface area contributed by atoms with Crippen molar-refractivity contribution in [2.24, 2.45) is 0 Å². The number of nitrogens with zero attached hydrogens (tertiary/aromatic N) is 2. The van der Waals surface area contributed by atoms with Crippen molar-refractivity contribution in [1.29, 1.82) is 5.26 Å². The van der Waals surface area contributed by atoms with E-state index in [1.54, 1.807) is 30.3 Å². The second-order valence-corrected chi connectivity index (χ2v) is 6.33. The van der Waals surface area contributed by atoms with Crippen LogP contribution >= 0.6 is 15.9 Å². The van der Waals surface area contributed by atoms with E-state index in [1.165, 1.54) is 19.2 Å². The summed E-state index contributed by atoms with van der Waals surface area (Å²) in [5, 5.41) is 9.48. The summed E-state index contributed by atoms with van der Waals surface area (Å²) in [6.07, 6.45) is 1.64. The molecule has 0 saturated heterocycles. The third-order valence-corrected chi connectivity index (χ3v) is 4.28. The lowest BCUT2D eigenvalue weighted by Crippen LogP contribution is -2.12. The summed E-state index contributed by atoms with van der Waals surface area (Å²) in [6.45, 7) is -0.205. The van der Waals surface area contributed by atoms with Crippen LogP contribution in [0.4, 0.5) is 4.39 Å². The molecule has 8 heteroatoms. The Labute approximate surface area is 162 Å². The van der Waals surface area contributed by atoms with Gasteiger partial charge in [-0.3, -0.25) is 0 Å². The van der Waals surface area contributed by atoms with E-state index in [-0.39, 0.29) is 12.4 Å². The second kappa shape index (κ2) is 8.01. The van der Waals surface area contributed by atoms with Gasteiger partial charge in [-0.25, -0.2) is 14.2 Å². The number of ether oxygens (including phenoxy) is 2. The van der Waals surface area contributed by atoms with E-state index in [0.29, 0.717) is 32.7 Å². The topological polar surface area (TPSA) is 88.0 Å². The molecule has 27 heavy (non-hydrogen) atoms. The fourth-order valence-electron chi connectivity index (χ4n) is 2.35. The van der Waals surface area contributed by atoms with Gasteiger partial charge in [-0.1, -0.05) is 6.07 Å². The van der Waals surface area contributed by atoms with Crippen LogP contribution in [0, 0.1) is 17.1 Å². The average molecular weight is 430 g/mol. The summed E-state index contributed by atoms with van der Waals surface area (Å²) >= 11 is 3.37. The Kier molecular flexibility index (Phi) is 5.52. The number of hydrogen-bond donors (Lipinski definition) is 1. The van der Waals surface area contributed by atoms with Gasteiger partial charge >= 0.3 is 5.97 Å². The molecular formula is C19H13BrFN3O3. The van der Waals surface area contributed by atoms with Crippen LogP contribution in [0.25, 0.3) is 22.7 Å². The number of aromatic nitrogens is 2. The Bertz CT molecular complexity index is 1090. The van der Waals surface area contributed by atoms with Crippen molar-refractivity contribution in [2.45, 2.75) is 0 Å². The molecule has 3 rings (SSSR count). The van der Waals surface area contributed by atoms with E-state index < -0.39 is 5.97 Å². The third-order valence-electron chi connectivity index (χ3n) is 3.66. The summed E-state index contributed by atoms with van der Waals surface area (Å²) in [5.74, 6) is -0.0545. The summed E-state index contributed by atoms with van der Waals surface area (Å²) in [7, 11) is 1.28. The van der Waals surface area contributed by atoms with Crippen LogP contribution in [-0.4, -0.2) is 29.7 Å². The minimum absolute atomic E-state index is 0.205. The zero-order chi connectivity index (χ0) is 19.4. The highest BCUT2D eigenvalue weighted by molar-refractivity contribution is 9.10. The maximum atomic E-state index is 13.3. The van der Waals surface area contributed by atoms with E-state index in [9.17, 15) is 14.4 Å². The molecule has 3 aromatic rings. The zero-order valence-corrected chi connectivity index (χ0v) is 15.7. The summed E-state index contributed by atoms with van der Waals surface area (Å²) < 4.78 is 23.8. The van der Waals surface area contributed by atoms with Gasteiger partial charge < -0.3 is 14.5 Å². The van der Waals surface area contributed by atoms with Crippen molar-refractivity contribution in [3.8, 4) is 11.8 Å². The van der Waals surface area contributed by atoms with E-state index in [1.807, 2.05) is 0 Å². The van der Waals surface area contributed by atoms with Gasteiger partial charge in [0.15, 0.2) is 6.61 Å². The predicted molar refractivity (Wildman–Crippen MR) is 101 cm³/mol. The Balaban J connectivity index is 1.87. The fraction of sp³-hybridized carbons (Fsp3) is 0.105. The Morgan fingerprint density at radius 3 is 2.89 bits per heavy atom. The molecule has 0 atom stereocenters. The van der Waals surface area contributed by atoms with Gasteiger partial charge in [0, 0.05) is 0 Å². The van der Waals surface area contributed by atoms with Gasteiger partial charge in [-0.15, -0.1) is 0 Å². The van der Waals surface area contributed by atoms with Gasteiger partial charge in [0.05, 0.1) is 28.2 Å². The number of hydrogen-bond acceptors (Lipinski definition) is 5. The molecule has 0 aliphatic rings. The molecule has 6 nitrogen and oxygen atoms in total. The fourth-order valence-corrected chi connectivity index (χ4v) is 2.86. The molecule has 0 aliphatic carbocycles. The summed E-state index contributed by atoms with van der Waals surface area (Å²) in [4.78, 5) is 18.4. The van der Waals surface area contributed by atoms with E-state index in [2.05, 4.69) is 36.7 Å². The quantitative estimate of drug-likeness (QED) is 0.487. The highest BCUT2D eigenvalue weighted by atomic mass is 79.9. The smallest absolute Gasteiger partial charge is 0.343 e. The van der Waals surface area contributed by atoms with Crippen molar-refractivity contribution in [3.05, 3.63) is 58.1 Å². The number of H-pyrrole nitrogens is 1. The molecule has 1 N–H and O–H groups in total. The zero-order valence-electron chi connectivity index (χ0n) is 14.1. The van der Waals surface area contributed by atoms with Crippen molar-refractivity contribution in [1.82, 2.24) is 9.97 Å². The highest BCUT2D eigenvalue weighted by Crippen LogP contribution is 2.28. The summed E-state index contributed by atoms with van der Waals surface area (Å²) in [6, 6.07) is 11.4. The molecule has 1 heterocycles. The van der Waals surface area contributed by atoms with Crippen molar-refractivity contribution in [2.75, 3.05) is 13.7 Å². The van der Waals surface area contributed by atoms with E-state index in [4.69, 9.17) is 4.74 Å². The Morgan fingerprint density at radius 1 is 1.37 bits per heavy atom. The molecular weight excluding hydrogens is 417 g/mol. The lowest BCUT2D eigenvalue weighted by Gasteiger charge is -2.07. The molecule has 136 valence electrons. The minimum Gasteiger partial charge on any atom is -0.481 e. The number of carbonyl (C=O) groups excluding carboxylic acids is 1. The number of aromatic amines is 1. The van der Waals surface area contributed by atoms with Gasteiger partial charge in [-0.2, -0.15) is 5.26 Å². The first kappa shape index (κ1) is 18.6. The molecule has 0 saturated carbocycles. The number of nitrogens with one attached hydrogen (secondary N) is 1. The first-order valence-electron chi connectivity index (χ1n) is 7.77. The molecule has 0 fully saturated rings. The molecule has 1 aromatic heterocycles. The second-order valence-electron chi connectivity index (χ2n) is 5.47. The SMILES string of the molecule is COC(=O)COc1ccc(/C=C(/C#N)c2nc3ccc(F)cc3[nH]2)cc1Br. The highest BCUT2D eigenvalue weighted by Gasteiger charge is 2.10. The van der Waals surface area contributed by atoms with Gasteiger partial charge in [0.25, 0.3) is 0 Å². The van der Waals surface area contributed by atoms with Gasteiger partial charge in [0.2, 0.25) is 0 Å². The van der Waals surface area contributed by atoms with Crippen molar-refractivity contribution >= 4 is 44.6 Å². The maximum Gasteiger partial charge on any atom is 0.343 e. The molecule has 0 spiro atoms. The first-order valence-corrected chi connectivity index (χ1v) is 8.56. The maximum absolute atomic E-state index is 13.3. The van der Waals surface area contributed by atoms with Gasteiger partial charge in [-0.05, 0) is 57.9 Å². The number of halogens is 2. The van der Waals surface area contributed by atoms with Crippen molar-refractivity contribution < 1.29 is 18.7 Å². The standard InChI is InChI=1S/C19H13BrFN3O3/c1-26-18(25)10-27-17-5-2-11(7-14(17)20)6-12(9-22)19-23-15-4-3-13(21)8-16(15)24-19/h2-8H,10H2,1H3,(H,23,24)/b12-6-. The minimum atomic E-state index is -0.487. The third kappa shape index (κ3) is 4.33. The normalized spacial score (nSPS) is 11.3. The van der Waals surface area contributed by atoms with Crippen LogP contribution in [0.15, 0.2) is 40.9 Å². The Hall–Kier alpha value is -3.18. The lowest BCUT2D eigenvalue weighted by molar-refractivity contribution is -0.142. The number of rotatable bonds is 5. The number of allylic oxidation sites excluding steroid dienone is 1. The van der Waals surface area contributed by atoms with Crippen molar-refractivity contribution in [3.63, 3.8) is 0 Å². The largest absolute Gasteiger partial charge is 0.481 e. The van der Waals surface area contributed by atoms with E-state index in [0.717, 1.165) is 5.56 Å². The van der Waals surface area contributed by atoms with E-state index >= 15 is 0 Å². The van der Waals surface area contributed by atoms with Crippen LogP contribution in [-0.2, 0) is 9.53 Å². The van der Waals surface area contributed by atoms with Crippen LogP contribution in [0.3, 0.4) is 0 Å². The lowest BCUT2D eigenvalue weighted by atomic mass is 10.1. The van der Waals surface area contributed by atoms with Gasteiger partial charge in [0.1, 0.15) is 23.5 Å². The monoisotopic (exact) mass is 429 g/mol. The number of fused-ring (bicyclic) bond motifs is 1. The molecule has 2 aromatic carbocycles. The molecule has 0 unspecified atom stereocenters. The number of esters is 1. The molecule has 0 aliphatic heterocycles. The van der Waals surface area contributed by atoms with Crippen LogP contribution < -0.4 is 4.74 Å². The van der Waals surface area contributed by atoms with Crippen LogP contribution in [0.5, 0.6) is 5.75 Å². The Morgan fingerprint density at radius 2 is 2.19 bits per heavy atom. The molecule has 0 amide bonds. The number of benzene rings is 2. The predicted octanol–water partition coefficient (Wildman–Crippen LogP) is 4.08. The number of carbonyl (C=O) groups is 1. The van der Waals surface area contributed by atoms with Crippen LogP contribution in [0.1, 0.15) is 11.4 Å². The number of nitriles is 1. The first-order chi connectivity index (χ1) is 13.0. The molecule has 0 radical (unpaired) electrons. The molecule has 0 bridgehead atoms.